The Balaban J connectivity index is 2.19. The second-order valence-electron chi connectivity index (χ2n) is 5.33. The van der Waals surface area contributed by atoms with E-state index >= 15 is 0 Å². The molecule has 0 bridgehead atoms. The summed E-state index contributed by atoms with van der Waals surface area (Å²) in [4.78, 5) is 11.4. The van der Waals surface area contributed by atoms with Crippen LogP contribution in [-0.4, -0.2) is 20.9 Å². The second-order valence-corrected chi connectivity index (χ2v) is 7.72. The minimum Gasteiger partial charge on any atom is -0.352 e. The standard InChI is InChI=1S/C13H16BrFN2O3S/c1-7(8-2-3-8)6-17-13(18)9-4-12(21(16,19)20)11(15)5-10(9)14/h4-5,7-8H,2-3,6H2,1H3,(H,17,18)(H2,16,19,20). The van der Waals surface area contributed by atoms with E-state index in [4.69, 9.17) is 5.14 Å². The summed E-state index contributed by atoms with van der Waals surface area (Å²) in [6, 6.07) is 1.88. The molecule has 2 rings (SSSR count). The van der Waals surface area contributed by atoms with Crippen molar-refractivity contribution in [3.63, 3.8) is 0 Å². The van der Waals surface area contributed by atoms with Crippen molar-refractivity contribution in [2.24, 2.45) is 17.0 Å². The predicted octanol–water partition coefficient (Wildman–Crippen LogP) is 2.01. The number of rotatable bonds is 5. The van der Waals surface area contributed by atoms with Crippen molar-refractivity contribution in [2.45, 2.75) is 24.7 Å². The van der Waals surface area contributed by atoms with Crippen LogP contribution < -0.4 is 10.5 Å². The summed E-state index contributed by atoms with van der Waals surface area (Å²) < 4.78 is 36.4. The highest BCUT2D eigenvalue weighted by atomic mass is 79.9. The Morgan fingerprint density at radius 3 is 2.67 bits per heavy atom. The number of benzene rings is 1. The van der Waals surface area contributed by atoms with Crippen molar-refractivity contribution in [3.05, 3.63) is 28.0 Å². The first kappa shape index (κ1) is 16.4. The normalized spacial score (nSPS) is 16.6. The average molecular weight is 379 g/mol. The Bertz CT molecular complexity index is 674. The van der Waals surface area contributed by atoms with Crippen molar-refractivity contribution in [2.75, 3.05) is 6.54 Å². The van der Waals surface area contributed by atoms with Crippen molar-refractivity contribution in [1.82, 2.24) is 5.32 Å². The lowest BCUT2D eigenvalue weighted by atomic mass is 10.1. The summed E-state index contributed by atoms with van der Waals surface area (Å²) >= 11 is 3.06. The maximum absolute atomic E-state index is 13.6. The molecular weight excluding hydrogens is 363 g/mol. The molecule has 1 aromatic carbocycles. The molecule has 116 valence electrons. The van der Waals surface area contributed by atoms with Crippen molar-refractivity contribution >= 4 is 31.9 Å². The maximum Gasteiger partial charge on any atom is 0.252 e. The fourth-order valence-electron chi connectivity index (χ4n) is 2.10. The minimum atomic E-state index is -4.22. The van der Waals surface area contributed by atoms with Crippen LogP contribution in [0.25, 0.3) is 0 Å². The van der Waals surface area contributed by atoms with Crippen LogP contribution in [0.1, 0.15) is 30.1 Å². The second kappa shape index (κ2) is 6.02. The number of halogens is 2. The Kier molecular flexibility index (Phi) is 4.69. The molecule has 0 aromatic heterocycles. The molecule has 1 fully saturated rings. The lowest BCUT2D eigenvalue weighted by Crippen LogP contribution is -2.29. The van der Waals surface area contributed by atoms with Gasteiger partial charge in [0.05, 0.1) is 5.56 Å². The summed E-state index contributed by atoms with van der Waals surface area (Å²) in [5.41, 5.74) is 0.0448. The number of hydrogen-bond donors (Lipinski definition) is 2. The Hall–Kier alpha value is -0.990. The summed E-state index contributed by atoms with van der Waals surface area (Å²) in [6.45, 7) is 2.55. The van der Waals surface area contributed by atoms with Gasteiger partial charge in [0.1, 0.15) is 10.7 Å². The zero-order valence-electron chi connectivity index (χ0n) is 11.4. The summed E-state index contributed by atoms with van der Waals surface area (Å²) in [7, 11) is -4.22. The van der Waals surface area contributed by atoms with Crippen molar-refractivity contribution in [3.8, 4) is 0 Å². The highest BCUT2D eigenvalue weighted by molar-refractivity contribution is 9.10. The molecule has 0 saturated heterocycles. The predicted molar refractivity (Wildman–Crippen MR) is 79.7 cm³/mol. The number of hydrogen-bond acceptors (Lipinski definition) is 3. The van der Waals surface area contributed by atoms with E-state index in [1.165, 1.54) is 12.8 Å². The van der Waals surface area contributed by atoms with Gasteiger partial charge in [-0.05, 0) is 52.7 Å². The fourth-order valence-corrected chi connectivity index (χ4v) is 3.21. The highest BCUT2D eigenvalue weighted by Crippen LogP contribution is 2.36. The largest absolute Gasteiger partial charge is 0.352 e. The first-order valence-electron chi connectivity index (χ1n) is 6.50. The van der Waals surface area contributed by atoms with Crippen LogP contribution in [0.15, 0.2) is 21.5 Å². The van der Waals surface area contributed by atoms with Gasteiger partial charge in [0.2, 0.25) is 10.0 Å². The highest BCUT2D eigenvalue weighted by Gasteiger charge is 2.28. The van der Waals surface area contributed by atoms with E-state index < -0.39 is 26.6 Å². The van der Waals surface area contributed by atoms with E-state index in [9.17, 15) is 17.6 Å². The van der Waals surface area contributed by atoms with Crippen molar-refractivity contribution < 1.29 is 17.6 Å². The van der Waals surface area contributed by atoms with E-state index in [1.54, 1.807) is 0 Å². The molecule has 5 nitrogen and oxygen atoms in total. The monoisotopic (exact) mass is 378 g/mol. The van der Waals surface area contributed by atoms with E-state index in [-0.39, 0.29) is 10.0 Å². The molecule has 1 aliphatic rings. The molecule has 1 aliphatic carbocycles. The molecule has 1 unspecified atom stereocenters. The third kappa shape index (κ3) is 4.02. The molecule has 1 aromatic rings. The Morgan fingerprint density at radius 1 is 1.52 bits per heavy atom. The molecule has 1 atom stereocenters. The average Bonchev–Trinajstić information content (AvgIpc) is 3.18. The van der Waals surface area contributed by atoms with Gasteiger partial charge >= 0.3 is 0 Å². The lowest BCUT2D eigenvalue weighted by Gasteiger charge is -2.13. The molecule has 21 heavy (non-hydrogen) atoms. The molecule has 1 amide bonds. The number of carbonyl (C=O) groups is 1. The maximum atomic E-state index is 13.6. The number of sulfonamides is 1. The summed E-state index contributed by atoms with van der Waals surface area (Å²) in [5.74, 6) is -0.445. The molecule has 0 spiro atoms. The number of nitrogens with one attached hydrogen (secondary N) is 1. The SMILES string of the molecule is CC(CNC(=O)c1cc(S(N)(=O)=O)c(F)cc1Br)C1CC1. The Labute approximate surface area is 131 Å². The summed E-state index contributed by atoms with van der Waals surface area (Å²) in [5, 5.41) is 7.66. The van der Waals surface area contributed by atoms with Crippen LogP contribution in [0.5, 0.6) is 0 Å². The van der Waals surface area contributed by atoms with Gasteiger partial charge in [-0.15, -0.1) is 0 Å². The molecule has 0 heterocycles. The van der Waals surface area contributed by atoms with Gasteiger partial charge in [0.25, 0.3) is 5.91 Å². The van der Waals surface area contributed by atoms with Gasteiger partial charge in [0, 0.05) is 11.0 Å². The summed E-state index contributed by atoms with van der Waals surface area (Å²) in [6.07, 6.45) is 2.35. The number of nitrogens with two attached hydrogens (primary N) is 1. The van der Waals surface area contributed by atoms with E-state index in [0.717, 1.165) is 12.1 Å². The van der Waals surface area contributed by atoms with E-state index in [0.29, 0.717) is 18.4 Å². The number of primary sulfonamides is 1. The Morgan fingerprint density at radius 2 is 2.14 bits per heavy atom. The van der Waals surface area contributed by atoms with Gasteiger partial charge < -0.3 is 5.32 Å². The van der Waals surface area contributed by atoms with Crippen LogP contribution in [-0.2, 0) is 10.0 Å². The van der Waals surface area contributed by atoms with Gasteiger partial charge in [-0.1, -0.05) is 6.92 Å². The fraction of sp³-hybridized carbons (Fsp3) is 0.462. The first-order valence-corrected chi connectivity index (χ1v) is 8.84. The van der Waals surface area contributed by atoms with Crippen LogP contribution in [0.2, 0.25) is 0 Å². The number of carbonyl (C=O) groups excluding carboxylic acids is 1. The smallest absolute Gasteiger partial charge is 0.252 e. The molecule has 3 N–H and O–H groups in total. The number of amides is 1. The van der Waals surface area contributed by atoms with Crippen LogP contribution in [0.3, 0.4) is 0 Å². The lowest BCUT2D eigenvalue weighted by molar-refractivity contribution is 0.0945. The van der Waals surface area contributed by atoms with Gasteiger partial charge in [-0.25, -0.2) is 17.9 Å². The third-order valence-electron chi connectivity index (χ3n) is 3.58. The first-order chi connectivity index (χ1) is 9.70. The van der Waals surface area contributed by atoms with Crippen LogP contribution in [0, 0.1) is 17.7 Å². The van der Waals surface area contributed by atoms with Crippen molar-refractivity contribution in [1.29, 1.82) is 0 Å². The molecule has 8 heteroatoms. The van der Waals surface area contributed by atoms with Gasteiger partial charge in [0.15, 0.2) is 0 Å². The molecule has 0 radical (unpaired) electrons. The third-order valence-corrected chi connectivity index (χ3v) is 5.17. The minimum absolute atomic E-state index is 0.0448. The quantitative estimate of drug-likeness (QED) is 0.820. The van der Waals surface area contributed by atoms with Gasteiger partial charge in [-0.3, -0.25) is 4.79 Å². The zero-order valence-corrected chi connectivity index (χ0v) is 13.8. The van der Waals surface area contributed by atoms with E-state index in [2.05, 4.69) is 21.2 Å². The van der Waals surface area contributed by atoms with Gasteiger partial charge in [-0.2, -0.15) is 0 Å². The molecular formula is C13H16BrFN2O3S. The van der Waals surface area contributed by atoms with Crippen LogP contribution >= 0.6 is 15.9 Å². The molecule has 0 aliphatic heterocycles. The molecule has 1 saturated carbocycles. The van der Waals surface area contributed by atoms with Crippen LogP contribution in [0.4, 0.5) is 4.39 Å². The topological polar surface area (TPSA) is 89.3 Å². The van der Waals surface area contributed by atoms with E-state index in [1.807, 2.05) is 6.92 Å². The zero-order chi connectivity index (χ0) is 15.8.